The second kappa shape index (κ2) is 6.02. The van der Waals surface area contributed by atoms with Gasteiger partial charge in [-0.05, 0) is 28.9 Å². The summed E-state index contributed by atoms with van der Waals surface area (Å²) in [6.45, 7) is 1.82. The lowest BCUT2D eigenvalue weighted by molar-refractivity contribution is -0.384. The molecule has 0 spiro atoms. The molecule has 0 aliphatic carbocycles. The average molecular weight is 354 g/mol. The predicted molar refractivity (Wildman–Crippen MR) is 80.9 cm³/mol. The van der Waals surface area contributed by atoms with Crippen LogP contribution in [0.4, 0.5) is 11.4 Å². The molecule has 0 bridgehead atoms. The van der Waals surface area contributed by atoms with Crippen molar-refractivity contribution >= 4 is 27.3 Å². The molecule has 0 saturated carbocycles. The quantitative estimate of drug-likeness (QED) is 0.489. The molecule has 2 aromatic rings. The number of rotatable bonds is 4. The van der Waals surface area contributed by atoms with Crippen molar-refractivity contribution in [2.75, 3.05) is 5.43 Å². The number of nitrogens with two attached hydrogens (primary N) is 1. The minimum Gasteiger partial charge on any atom is -0.324 e. The summed E-state index contributed by atoms with van der Waals surface area (Å²) in [5.41, 5.74) is 3.72. The molecule has 0 saturated heterocycles. The second-order valence-electron chi connectivity index (χ2n) is 4.32. The fourth-order valence-electron chi connectivity index (χ4n) is 1.81. The molecular formula is C12H12BrN5O3. The fourth-order valence-corrected chi connectivity index (χ4v) is 2.14. The molecule has 8 nitrogen and oxygen atoms in total. The minimum atomic E-state index is -0.504. The molecule has 9 heteroatoms. The van der Waals surface area contributed by atoms with Gasteiger partial charge in [0, 0.05) is 17.7 Å². The van der Waals surface area contributed by atoms with Gasteiger partial charge in [0.25, 0.3) is 11.2 Å². The lowest BCUT2D eigenvalue weighted by Gasteiger charge is -2.11. The van der Waals surface area contributed by atoms with E-state index in [0.29, 0.717) is 21.4 Å². The number of hydrogen-bond acceptors (Lipinski definition) is 6. The zero-order valence-electron chi connectivity index (χ0n) is 11.0. The van der Waals surface area contributed by atoms with Crippen molar-refractivity contribution in [3.8, 4) is 0 Å². The van der Waals surface area contributed by atoms with Gasteiger partial charge in [0.1, 0.15) is 4.47 Å². The van der Waals surface area contributed by atoms with Crippen LogP contribution in [0, 0.1) is 17.0 Å². The van der Waals surface area contributed by atoms with Crippen LogP contribution in [0.25, 0.3) is 0 Å². The Labute approximate surface area is 127 Å². The maximum atomic E-state index is 12.1. The molecule has 0 radical (unpaired) electrons. The maximum absolute atomic E-state index is 12.1. The van der Waals surface area contributed by atoms with Crippen LogP contribution in [0.15, 0.2) is 33.8 Å². The summed E-state index contributed by atoms with van der Waals surface area (Å²) in [6, 6.07) is 4.20. The molecule has 21 heavy (non-hydrogen) atoms. The number of nitrogens with zero attached hydrogens (tertiary/aromatic N) is 3. The van der Waals surface area contributed by atoms with E-state index in [1.807, 2.05) is 0 Å². The Morgan fingerprint density at radius 3 is 2.86 bits per heavy atom. The zero-order chi connectivity index (χ0) is 15.6. The normalized spacial score (nSPS) is 10.4. The number of halogens is 1. The van der Waals surface area contributed by atoms with E-state index in [9.17, 15) is 14.9 Å². The van der Waals surface area contributed by atoms with Crippen LogP contribution in [-0.4, -0.2) is 14.5 Å². The first-order valence-electron chi connectivity index (χ1n) is 5.89. The summed E-state index contributed by atoms with van der Waals surface area (Å²) >= 11 is 3.17. The summed E-state index contributed by atoms with van der Waals surface area (Å²) < 4.78 is 1.70. The molecule has 0 unspecified atom stereocenters. The highest BCUT2D eigenvalue weighted by atomic mass is 79.9. The molecule has 110 valence electrons. The topological polar surface area (TPSA) is 116 Å². The van der Waals surface area contributed by atoms with Crippen LogP contribution in [0.5, 0.6) is 0 Å². The molecule has 0 fully saturated rings. The molecule has 1 aromatic carbocycles. The average Bonchev–Trinajstić information content (AvgIpc) is 2.47. The van der Waals surface area contributed by atoms with Crippen LogP contribution >= 0.6 is 15.9 Å². The van der Waals surface area contributed by atoms with Gasteiger partial charge in [0.05, 0.1) is 29.2 Å². The maximum Gasteiger partial charge on any atom is 0.269 e. The van der Waals surface area contributed by atoms with Crippen LogP contribution in [0.1, 0.15) is 11.3 Å². The number of nitro groups is 1. The van der Waals surface area contributed by atoms with Gasteiger partial charge in [-0.15, -0.1) is 0 Å². The largest absolute Gasteiger partial charge is 0.324 e. The summed E-state index contributed by atoms with van der Waals surface area (Å²) in [7, 11) is 0. The number of nitro benzene ring substituents is 1. The van der Waals surface area contributed by atoms with Gasteiger partial charge < -0.3 is 5.43 Å². The van der Waals surface area contributed by atoms with Gasteiger partial charge in [-0.3, -0.25) is 25.3 Å². The number of aryl methyl sites for hydroxylation is 1. The Balaban J connectivity index is 2.48. The highest BCUT2D eigenvalue weighted by Crippen LogP contribution is 2.22. The lowest BCUT2D eigenvalue weighted by atomic mass is 10.1. The van der Waals surface area contributed by atoms with E-state index in [1.165, 1.54) is 29.1 Å². The van der Waals surface area contributed by atoms with E-state index >= 15 is 0 Å². The van der Waals surface area contributed by atoms with Crippen LogP contribution < -0.4 is 16.8 Å². The van der Waals surface area contributed by atoms with Crippen molar-refractivity contribution in [2.24, 2.45) is 5.84 Å². The highest BCUT2D eigenvalue weighted by molar-refractivity contribution is 9.10. The lowest BCUT2D eigenvalue weighted by Crippen LogP contribution is -2.23. The number of anilines is 1. The smallest absolute Gasteiger partial charge is 0.269 e. The molecule has 0 aliphatic rings. The van der Waals surface area contributed by atoms with Crippen LogP contribution in [-0.2, 0) is 6.54 Å². The van der Waals surface area contributed by atoms with E-state index in [0.717, 1.165) is 0 Å². The van der Waals surface area contributed by atoms with Crippen molar-refractivity contribution in [1.82, 2.24) is 9.55 Å². The van der Waals surface area contributed by atoms with Crippen molar-refractivity contribution < 1.29 is 4.92 Å². The first kappa shape index (κ1) is 15.1. The van der Waals surface area contributed by atoms with Crippen molar-refractivity contribution in [3.63, 3.8) is 0 Å². The number of benzene rings is 1. The zero-order valence-corrected chi connectivity index (χ0v) is 12.6. The molecule has 2 rings (SSSR count). The Hall–Kier alpha value is -2.26. The molecule has 1 aromatic heterocycles. The van der Waals surface area contributed by atoms with Gasteiger partial charge in [0.2, 0.25) is 0 Å². The first-order valence-corrected chi connectivity index (χ1v) is 6.68. The van der Waals surface area contributed by atoms with Gasteiger partial charge >= 0.3 is 0 Å². The molecule has 0 amide bonds. The second-order valence-corrected chi connectivity index (χ2v) is 5.11. The highest BCUT2D eigenvalue weighted by Gasteiger charge is 2.12. The Morgan fingerprint density at radius 2 is 2.24 bits per heavy atom. The number of nitrogen functional groups attached to an aromatic ring is 1. The third-order valence-electron chi connectivity index (χ3n) is 2.95. The molecular weight excluding hydrogens is 342 g/mol. The molecule has 3 N–H and O–H groups in total. The molecule has 0 aliphatic heterocycles. The summed E-state index contributed by atoms with van der Waals surface area (Å²) in [5.74, 6) is 5.39. The monoisotopic (exact) mass is 353 g/mol. The van der Waals surface area contributed by atoms with Crippen molar-refractivity contribution in [2.45, 2.75) is 13.5 Å². The van der Waals surface area contributed by atoms with Gasteiger partial charge in [-0.1, -0.05) is 0 Å². The number of hydrogen-bond donors (Lipinski definition) is 2. The van der Waals surface area contributed by atoms with Gasteiger partial charge in [-0.25, -0.2) is 4.98 Å². The first-order chi connectivity index (χ1) is 9.93. The standard InChI is InChI=1S/C12H12BrN5O3/c1-7-11(13)12(19)17(6-15-7)5-8-4-9(18(20)21)2-3-10(8)16-14/h2-4,6,16H,5,14H2,1H3. The molecule has 0 atom stereocenters. The third-order valence-corrected chi connectivity index (χ3v) is 3.87. The van der Waals surface area contributed by atoms with Crippen LogP contribution in [0.3, 0.4) is 0 Å². The fraction of sp³-hybridized carbons (Fsp3) is 0.167. The number of hydrazine groups is 1. The summed E-state index contributed by atoms with van der Waals surface area (Å²) in [5, 5.41) is 10.8. The van der Waals surface area contributed by atoms with E-state index < -0.39 is 4.92 Å². The SMILES string of the molecule is Cc1ncn(Cc2cc([N+](=O)[O-])ccc2NN)c(=O)c1Br. The van der Waals surface area contributed by atoms with Gasteiger partial charge in [-0.2, -0.15) is 0 Å². The van der Waals surface area contributed by atoms with Crippen molar-refractivity contribution in [3.05, 3.63) is 60.7 Å². The van der Waals surface area contributed by atoms with E-state index in [4.69, 9.17) is 5.84 Å². The Bertz CT molecular complexity index is 759. The number of non-ortho nitro benzene ring substituents is 1. The number of nitrogens with one attached hydrogen (secondary N) is 1. The summed E-state index contributed by atoms with van der Waals surface area (Å²) in [6.07, 6.45) is 1.39. The summed E-state index contributed by atoms with van der Waals surface area (Å²) in [4.78, 5) is 26.5. The Kier molecular flexibility index (Phi) is 4.34. The van der Waals surface area contributed by atoms with E-state index in [2.05, 4.69) is 26.3 Å². The molecule has 1 heterocycles. The van der Waals surface area contributed by atoms with E-state index in [-0.39, 0.29) is 17.8 Å². The van der Waals surface area contributed by atoms with Crippen molar-refractivity contribution in [1.29, 1.82) is 0 Å². The minimum absolute atomic E-state index is 0.0730. The number of aromatic nitrogens is 2. The van der Waals surface area contributed by atoms with E-state index in [1.54, 1.807) is 6.92 Å². The third kappa shape index (κ3) is 3.09. The van der Waals surface area contributed by atoms with Crippen LogP contribution in [0.2, 0.25) is 0 Å². The Morgan fingerprint density at radius 1 is 1.52 bits per heavy atom. The predicted octanol–water partition coefficient (Wildman–Crippen LogP) is 1.56. The van der Waals surface area contributed by atoms with Gasteiger partial charge in [0.15, 0.2) is 0 Å².